The molecule has 2 aromatic carbocycles. The van der Waals surface area contributed by atoms with Crippen LogP contribution in [-0.2, 0) is 14.3 Å². The summed E-state index contributed by atoms with van der Waals surface area (Å²) in [7, 11) is 0. The van der Waals surface area contributed by atoms with Gasteiger partial charge in [-0.2, -0.15) is 0 Å². The van der Waals surface area contributed by atoms with Gasteiger partial charge in [0.05, 0.1) is 23.5 Å². The number of carbonyl (C=O) groups excluding carboxylic acids is 3. The number of ether oxygens (including phenoxy) is 1. The van der Waals surface area contributed by atoms with Gasteiger partial charge in [0, 0.05) is 0 Å². The summed E-state index contributed by atoms with van der Waals surface area (Å²) in [5, 5.41) is 0. The largest absolute Gasteiger partial charge is 0.465 e. The minimum absolute atomic E-state index is 0.140. The molecule has 0 radical (unpaired) electrons. The fourth-order valence-electron chi connectivity index (χ4n) is 3.18. The number of aryl methyl sites for hydroxylation is 2. The molecule has 0 aliphatic carbocycles. The Morgan fingerprint density at radius 1 is 1.03 bits per heavy atom. The summed E-state index contributed by atoms with van der Waals surface area (Å²) in [5.41, 5.74) is 1.38. The average Bonchev–Trinajstić information content (AvgIpc) is 2.69. The molecule has 6 nitrogen and oxygen atoms in total. The van der Waals surface area contributed by atoms with Crippen molar-refractivity contribution in [2.24, 2.45) is 0 Å². The highest BCUT2D eigenvalue weighted by Crippen LogP contribution is 2.37. The lowest BCUT2D eigenvalue weighted by Crippen LogP contribution is -2.50. The van der Waals surface area contributed by atoms with E-state index in [9.17, 15) is 27.6 Å². The number of hydrogen-bond donors (Lipinski definition) is 0. The van der Waals surface area contributed by atoms with Gasteiger partial charge < -0.3 is 4.74 Å². The standard InChI is InChI=1S/C21H19F3N2O4/c1-4-30-18(28)10-25-15-7-11(2)12(3)8-16(15)26(9-17(25)27)21(29)13-5-6-14(22)20(24)19(13)23/h5-8H,4,9-10H2,1-3H3. The fraction of sp³-hybridized carbons (Fsp3) is 0.286. The van der Waals surface area contributed by atoms with Gasteiger partial charge in [0.25, 0.3) is 5.91 Å². The first kappa shape index (κ1) is 21.4. The number of halogens is 3. The van der Waals surface area contributed by atoms with Crippen LogP contribution in [0.2, 0.25) is 0 Å². The predicted octanol–water partition coefficient (Wildman–Crippen LogP) is 3.28. The van der Waals surface area contributed by atoms with Crippen LogP contribution in [0.25, 0.3) is 0 Å². The van der Waals surface area contributed by atoms with E-state index >= 15 is 0 Å². The van der Waals surface area contributed by atoms with Crippen LogP contribution in [0, 0.1) is 31.3 Å². The molecule has 0 N–H and O–H groups in total. The van der Waals surface area contributed by atoms with Crippen molar-refractivity contribution in [1.82, 2.24) is 0 Å². The van der Waals surface area contributed by atoms with Crippen molar-refractivity contribution in [1.29, 1.82) is 0 Å². The Labute approximate surface area is 170 Å². The lowest BCUT2D eigenvalue weighted by Gasteiger charge is -2.36. The van der Waals surface area contributed by atoms with Gasteiger partial charge in [-0.3, -0.25) is 24.2 Å². The SMILES string of the molecule is CCOC(=O)CN1C(=O)CN(C(=O)c2ccc(F)c(F)c2F)c2cc(C)c(C)cc21. The van der Waals surface area contributed by atoms with Crippen molar-refractivity contribution in [3.05, 3.63) is 58.4 Å². The first-order valence-electron chi connectivity index (χ1n) is 9.18. The molecule has 0 spiro atoms. The average molecular weight is 420 g/mol. The first-order chi connectivity index (χ1) is 14.1. The van der Waals surface area contributed by atoms with E-state index in [0.29, 0.717) is 6.07 Å². The maximum Gasteiger partial charge on any atom is 0.326 e. The van der Waals surface area contributed by atoms with Crippen LogP contribution in [0.3, 0.4) is 0 Å². The molecule has 1 heterocycles. The third kappa shape index (κ3) is 3.74. The number of fused-ring (bicyclic) bond motifs is 1. The normalized spacial score (nSPS) is 13.3. The zero-order chi connectivity index (χ0) is 22.2. The third-order valence-electron chi connectivity index (χ3n) is 4.87. The second-order valence-electron chi connectivity index (χ2n) is 6.82. The topological polar surface area (TPSA) is 66.9 Å². The summed E-state index contributed by atoms with van der Waals surface area (Å²) in [6, 6.07) is 4.71. The van der Waals surface area contributed by atoms with Gasteiger partial charge in [-0.25, -0.2) is 13.2 Å². The van der Waals surface area contributed by atoms with E-state index in [1.165, 1.54) is 4.90 Å². The van der Waals surface area contributed by atoms with E-state index in [2.05, 4.69) is 0 Å². The number of carbonyl (C=O) groups is 3. The summed E-state index contributed by atoms with van der Waals surface area (Å²) in [6.07, 6.45) is 0. The van der Waals surface area contributed by atoms with Crippen LogP contribution in [0.5, 0.6) is 0 Å². The maximum atomic E-state index is 14.2. The van der Waals surface area contributed by atoms with E-state index in [1.54, 1.807) is 32.9 Å². The monoisotopic (exact) mass is 420 g/mol. The molecule has 0 bridgehead atoms. The number of nitrogens with zero attached hydrogens (tertiary/aromatic N) is 2. The molecule has 3 rings (SSSR count). The zero-order valence-corrected chi connectivity index (χ0v) is 16.6. The minimum Gasteiger partial charge on any atom is -0.465 e. The Morgan fingerprint density at radius 2 is 1.67 bits per heavy atom. The Balaban J connectivity index is 2.08. The molecule has 2 aromatic rings. The van der Waals surface area contributed by atoms with Crippen LogP contribution >= 0.6 is 0 Å². The lowest BCUT2D eigenvalue weighted by atomic mass is 10.0. The molecule has 0 saturated carbocycles. The van der Waals surface area contributed by atoms with Crippen molar-refractivity contribution in [3.63, 3.8) is 0 Å². The molecule has 9 heteroatoms. The van der Waals surface area contributed by atoms with Crippen LogP contribution < -0.4 is 9.80 Å². The van der Waals surface area contributed by atoms with Gasteiger partial charge in [-0.05, 0) is 56.2 Å². The first-order valence-corrected chi connectivity index (χ1v) is 9.18. The Morgan fingerprint density at radius 3 is 2.30 bits per heavy atom. The number of benzene rings is 2. The summed E-state index contributed by atoms with van der Waals surface area (Å²) >= 11 is 0. The number of amides is 2. The predicted molar refractivity (Wildman–Crippen MR) is 103 cm³/mol. The van der Waals surface area contributed by atoms with E-state index in [4.69, 9.17) is 4.74 Å². The van der Waals surface area contributed by atoms with Crippen LogP contribution in [0.1, 0.15) is 28.4 Å². The number of anilines is 2. The Bertz CT molecular complexity index is 1060. The maximum absolute atomic E-state index is 14.2. The van der Waals surface area contributed by atoms with Gasteiger partial charge in [-0.15, -0.1) is 0 Å². The summed E-state index contributed by atoms with van der Waals surface area (Å²) in [5.74, 6) is -7.05. The van der Waals surface area contributed by atoms with Crippen LogP contribution in [0.15, 0.2) is 24.3 Å². The van der Waals surface area contributed by atoms with Gasteiger partial charge in [0.15, 0.2) is 17.5 Å². The second-order valence-corrected chi connectivity index (χ2v) is 6.82. The van der Waals surface area contributed by atoms with E-state index in [0.717, 1.165) is 22.1 Å². The van der Waals surface area contributed by atoms with Crippen LogP contribution in [0.4, 0.5) is 24.5 Å². The van der Waals surface area contributed by atoms with E-state index in [-0.39, 0.29) is 24.5 Å². The van der Waals surface area contributed by atoms with Crippen molar-refractivity contribution < 1.29 is 32.3 Å². The van der Waals surface area contributed by atoms with Crippen molar-refractivity contribution >= 4 is 29.2 Å². The highest BCUT2D eigenvalue weighted by Gasteiger charge is 2.36. The summed E-state index contributed by atoms with van der Waals surface area (Å²) in [6.45, 7) is 4.48. The summed E-state index contributed by atoms with van der Waals surface area (Å²) in [4.78, 5) is 39.8. The van der Waals surface area contributed by atoms with Crippen LogP contribution in [-0.4, -0.2) is 37.5 Å². The molecule has 0 fully saturated rings. The Hall–Kier alpha value is -3.36. The molecule has 1 aliphatic heterocycles. The van der Waals surface area contributed by atoms with Crippen molar-refractivity contribution in [2.45, 2.75) is 20.8 Å². The molecule has 0 unspecified atom stereocenters. The summed E-state index contributed by atoms with van der Waals surface area (Å²) < 4.78 is 46.0. The second kappa shape index (κ2) is 8.17. The third-order valence-corrected chi connectivity index (χ3v) is 4.87. The molecular weight excluding hydrogens is 401 g/mol. The molecular formula is C21H19F3N2O4. The molecule has 0 atom stereocenters. The van der Waals surface area contributed by atoms with E-state index in [1.807, 2.05) is 0 Å². The highest BCUT2D eigenvalue weighted by molar-refractivity contribution is 6.17. The molecule has 158 valence electrons. The highest BCUT2D eigenvalue weighted by atomic mass is 19.2. The number of esters is 1. The van der Waals surface area contributed by atoms with E-state index < -0.39 is 47.3 Å². The molecule has 1 aliphatic rings. The van der Waals surface area contributed by atoms with Gasteiger partial charge in [0.1, 0.15) is 13.1 Å². The number of rotatable bonds is 4. The lowest BCUT2D eigenvalue weighted by molar-refractivity contribution is -0.142. The molecule has 30 heavy (non-hydrogen) atoms. The fourth-order valence-corrected chi connectivity index (χ4v) is 3.18. The zero-order valence-electron chi connectivity index (χ0n) is 16.6. The Kier molecular flexibility index (Phi) is 5.82. The molecule has 2 amide bonds. The number of hydrogen-bond acceptors (Lipinski definition) is 4. The minimum atomic E-state index is -1.77. The van der Waals surface area contributed by atoms with Crippen molar-refractivity contribution in [3.8, 4) is 0 Å². The molecule has 0 aromatic heterocycles. The smallest absolute Gasteiger partial charge is 0.326 e. The van der Waals surface area contributed by atoms with Crippen molar-refractivity contribution in [2.75, 3.05) is 29.5 Å². The quantitative estimate of drug-likeness (QED) is 0.563. The van der Waals surface area contributed by atoms with Gasteiger partial charge in [0.2, 0.25) is 5.91 Å². The van der Waals surface area contributed by atoms with Gasteiger partial charge >= 0.3 is 5.97 Å². The van der Waals surface area contributed by atoms with Gasteiger partial charge in [-0.1, -0.05) is 0 Å². The molecule has 0 saturated heterocycles.